The molecule has 0 spiro atoms. The van der Waals surface area contributed by atoms with Crippen LogP contribution in [0, 0.1) is 0 Å². The first-order valence-electron chi connectivity index (χ1n) is 8.32. The maximum Gasteiger partial charge on any atom is 0.247 e. The number of anilines is 2. The monoisotopic (exact) mass is 444 g/mol. The lowest BCUT2D eigenvalue weighted by Gasteiger charge is -2.29. The highest BCUT2D eigenvalue weighted by Crippen LogP contribution is 2.34. The Morgan fingerprint density at radius 3 is 2.46 bits per heavy atom. The fourth-order valence-electron chi connectivity index (χ4n) is 2.80. The molecule has 0 saturated carbocycles. The van der Waals surface area contributed by atoms with Crippen molar-refractivity contribution in [3.05, 3.63) is 46.4 Å². The Labute approximate surface area is 173 Å². The highest BCUT2D eigenvalue weighted by Gasteiger charge is 2.31. The van der Waals surface area contributed by atoms with Gasteiger partial charge in [0.05, 0.1) is 17.0 Å². The van der Waals surface area contributed by atoms with Gasteiger partial charge in [0.1, 0.15) is 19.3 Å². The van der Waals surface area contributed by atoms with E-state index in [2.05, 4.69) is 5.32 Å². The molecular weight excluding hydrogens is 427 g/mol. The number of hydrogen-bond donors (Lipinski definition) is 1. The van der Waals surface area contributed by atoms with Crippen LogP contribution in [-0.2, 0) is 14.8 Å². The molecule has 7 nitrogen and oxygen atoms in total. The molecule has 1 aliphatic rings. The number of benzene rings is 2. The van der Waals surface area contributed by atoms with Gasteiger partial charge in [-0.15, -0.1) is 0 Å². The third kappa shape index (κ3) is 4.45. The summed E-state index contributed by atoms with van der Waals surface area (Å²) in [6.45, 7) is 2.33. The lowest BCUT2D eigenvalue weighted by Crippen LogP contribution is -2.45. The Morgan fingerprint density at radius 2 is 1.79 bits per heavy atom. The molecule has 1 atom stereocenters. The normalized spacial score (nSPS) is 14.3. The van der Waals surface area contributed by atoms with Crippen molar-refractivity contribution in [2.24, 2.45) is 0 Å². The lowest BCUT2D eigenvalue weighted by molar-refractivity contribution is -0.116. The van der Waals surface area contributed by atoms with E-state index in [0.717, 1.165) is 10.6 Å². The summed E-state index contributed by atoms with van der Waals surface area (Å²) in [5, 5.41) is 3.15. The Bertz CT molecular complexity index is 1010. The number of nitrogens with one attached hydrogen (secondary N) is 1. The summed E-state index contributed by atoms with van der Waals surface area (Å²) in [6, 6.07) is 8.27. The topological polar surface area (TPSA) is 84.9 Å². The molecule has 0 aromatic heterocycles. The SMILES string of the molecule is CC(C(=O)Nc1ccc2c(c1)OCCO2)N(c1cc(Cl)ccc1Cl)S(C)(=O)=O. The minimum atomic E-state index is -3.82. The fourth-order valence-corrected chi connectivity index (χ4v) is 4.41. The average molecular weight is 445 g/mol. The number of rotatable bonds is 5. The van der Waals surface area contributed by atoms with Gasteiger partial charge in [0.15, 0.2) is 11.5 Å². The number of sulfonamides is 1. The van der Waals surface area contributed by atoms with Gasteiger partial charge in [-0.2, -0.15) is 0 Å². The van der Waals surface area contributed by atoms with Gasteiger partial charge in [0.25, 0.3) is 0 Å². The lowest BCUT2D eigenvalue weighted by atomic mass is 10.2. The second-order valence-electron chi connectivity index (χ2n) is 6.18. The van der Waals surface area contributed by atoms with E-state index in [-0.39, 0.29) is 10.7 Å². The van der Waals surface area contributed by atoms with E-state index in [1.807, 2.05) is 0 Å². The summed E-state index contributed by atoms with van der Waals surface area (Å²) in [5.74, 6) is 0.550. The standard InChI is InChI=1S/C18H18Cl2N2O5S/c1-11(22(28(2,24)25)15-9-12(19)3-5-14(15)20)18(23)21-13-4-6-16-17(10-13)27-8-7-26-16/h3-6,9-11H,7-8H2,1-2H3,(H,21,23). The van der Waals surface area contributed by atoms with E-state index in [4.69, 9.17) is 32.7 Å². The Kier molecular flexibility index (Phi) is 5.92. The molecule has 0 radical (unpaired) electrons. The quantitative estimate of drug-likeness (QED) is 0.761. The van der Waals surface area contributed by atoms with Crippen molar-refractivity contribution in [2.75, 3.05) is 29.1 Å². The second-order valence-corrected chi connectivity index (χ2v) is 8.88. The van der Waals surface area contributed by atoms with Crippen LogP contribution in [0.15, 0.2) is 36.4 Å². The highest BCUT2D eigenvalue weighted by molar-refractivity contribution is 7.92. The number of hydrogen-bond acceptors (Lipinski definition) is 5. The number of fused-ring (bicyclic) bond motifs is 1. The number of amides is 1. The molecule has 2 aromatic carbocycles. The third-order valence-electron chi connectivity index (χ3n) is 4.04. The Balaban J connectivity index is 1.88. The van der Waals surface area contributed by atoms with Crippen molar-refractivity contribution in [1.29, 1.82) is 0 Å². The van der Waals surface area contributed by atoms with E-state index >= 15 is 0 Å². The second kappa shape index (κ2) is 8.06. The molecule has 0 fully saturated rings. The van der Waals surface area contributed by atoms with Crippen LogP contribution in [0.2, 0.25) is 10.0 Å². The number of ether oxygens (including phenoxy) is 2. The Hall–Kier alpha value is -2.16. The molecule has 28 heavy (non-hydrogen) atoms. The first kappa shape index (κ1) is 20.6. The molecular formula is C18H18Cl2N2O5S. The van der Waals surface area contributed by atoms with Gasteiger partial charge in [-0.1, -0.05) is 23.2 Å². The zero-order chi connectivity index (χ0) is 20.5. The van der Waals surface area contributed by atoms with Gasteiger partial charge < -0.3 is 14.8 Å². The van der Waals surface area contributed by atoms with Crippen LogP contribution >= 0.6 is 23.2 Å². The summed E-state index contributed by atoms with van der Waals surface area (Å²) in [7, 11) is -3.82. The van der Waals surface area contributed by atoms with Crippen LogP contribution < -0.4 is 19.1 Å². The molecule has 1 aliphatic heterocycles. The molecule has 10 heteroatoms. The number of nitrogens with zero attached hydrogens (tertiary/aromatic N) is 1. The molecule has 2 aromatic rings. The first-order valence-corrected chi connectivity index (χ1v) is 10.9. The summed E-state index contributed by atoms with van der Waals surface area (Å²) in [6.07, 6.45) is 0.998. The van der Waals surface area contributed by atoms with Crippen LogP contribution in [0.4, 0.5) is 11.4 Å². The molecule has 3 rings (SSSR count). The summed E-state index contributed by atoms with van der Waals surface area (Å²) in [5.41, 5.74) is 0.577. The number of carbonyl (C=O) groups excluding carboxylic acids is 1. The molecule has 0 saturated heterocycles. The van der Waals surface area contributed by atoms with Crippen molar-refractivity contribution in [3.8, 4) is 11.5 Å². The summed E-state index contributed by atoms with van der Waals surface area (Å²) in [4.78, 5) is 12.8. The van der Waals surface area contributed by atoms with Gasteiger partial charge in [0, 0.05) is 16.8 Å². The van der Waals surface area contributed by atoms with Crippen molar-refractivity contribution >= 4 is 50.5 Å². The molecule has 0 aliphatic carbocycles. The zero-order valence-electron chi connectivity index (χ0n) is 15.1. The van der Waals surface area contributed by atoms with Crippen LogP contribution in [0.5, 0.6) is 11.5 Å². The van der Waals surface area contributed by atoms with E-state index in [1.54, 1.807) is 18.2 Å². The molecule has 1 N–H and O–H groups in total. The minimum Gasteiger partial charge on any atom is -0.486 e. The minimum absolute atomic E-state index is 0.126. The smallest absolute Gasteiger partial charge is 0.247 e. The summed E-state index contributed by atoms with van der Waals surface area (Å²) < 4.78 is 36.7. The van der Waals surface area contributed by atoms with E-state index in [1.165, 1.54) is 25.1 Å². The number of halogens is 2. The maximum absolute atomic E-state index is 12.8. The maximum atomic E-state index is 12.8. The third-order valence-corrected chi connectivity index (χ3v) is 5.83. The predicted octanol–water partition coefficient (Wildman–Crippen LogP) is 3.56. The van der Waals surface area contributed by atoms with E-state index in [9.17, 15) is 13.2 Å². The van der Waals surface area contributed by atoms with Crippen molar-refractivity contribution in [2.45, 2.75) is 13.0 Å². The molecule has 1 amide bonds. The predicted molar refractivity (Wildman–Crippen MR) is 109 cm³/mol. The van der Waals surface area contributed by atoms with E-state index in [0.29, 0.717) is 35.4 Å². The van der Waals surface area contributed by atoms with Gasteiger partial charge in [-0.05, 0) is 37.3 Å². The van der Waals surface area contributed by atoms with Crippen molar-refractivity contribution < 1.29 is 22.7 Å². The van der Waals surface area contributed by atoms with Crippen molar-refractivity contribution in [1.82, 2.24) is 0 Å². The zero-order valence-corrected chi connectivity index (χ0v) is 17.4. The Morgan fingerprint density at radius 1 is 1.11 bits per heavy atom. The first-order chi connectivity index (χ1) is 13.2. The molecule has 1 heterocycles. The average Bonchev–Trinajstić information content (AvgIpc) is 2.63. The van der Waals surface area contributed by atoms with Crippen LogP contribution in [0.3, 0.4) is 0 Å². The van der Waals surface area contributed by atoms with Crippen molar-refractivity contribution in [3.63, 3.8) is 0 Å². The fraction of sp³-hybridized carbons (Fsp3) is 0.278. The van der Waals surface area contributed by atoms with Crippen LogP contribution in [0.1, 0.15) is 6.92 Å². The molecule has 150 valence electrons. The highest BCUT2D eigenvalue weighted by atomic mass is 35.5. The van der Waals surface area contributed by atoms with E-state index < -0.39 is 22.0 Å². The molecule has 1 unspecified atom stereocenters. The van der Waals surface area contributed by atoms with Gasteiger partial charge >= 0.3 is 0 Å². The number of carbonyl (C=O) groups is 1. The van der Waals surface area contributed by atoms with Gasteiger partial charge in [-0.3, -0.25) is 9.10 Å². The largest absolute Gasteiger partial charge is 0.486 e. The summed E-state index contributed by atoms with van der Waals surface area (Å²) >= 11 is 12.1. The van der Waals surface area contributed by atoms with Gasteiger partial charge in [-0.25, -0.2) is 8.42 Å². The van der Waals surface area contributed by atoms with Crippen LogP contribution in [0.25, 0.3) is 0 Å². The molecule has 0 bridgehead atoms. The van der Waals surface area contributed by atoms with Gasteiger partial charge in [0.2, 0.25) is 15.9 Å². The van der Waals surface area contributed by atoms with Crippen LogP contribution in [-0.4, -0.2) is 39.8 Å².